The Morgan fingerprint density at radius 2 is 1.95 bits per heavy atom. The number of rotatable bonds is 3. The number of primary amides is 1. The summed E-state index contributed by atoms with van der Waals surface area (Å²) in [6.07, 6.45) is 0. The summed E-state index contributed by atoms with van der Waals surface area (Å²) in [6.45, 7) is 8.65. The molecule has 2 atom stereocenters. The summed E-state index contributed by atoms with van der Waals surface area (Å²) < 4.78 is 0. The van der Waals surface area contributed by atoms with Crippen molar-refractivity contribution < 1.29 is 4.79 Å². The zero-order valence-electron chi connectivity index (χ0n) is 12.0. The lowest BCUT2D eigenvalue weighted by atomic mass is 10.0. The molecule has 0 aromatic heterocycles. The molecule has 4 heteroatoms. The van der Waals surface area contributed by atoms with E-state index in [-0.39, 0.29) is 5.91 Å². The van der Waals surface area contributed by atoms with E-state index in [1.165, 1.54) is 11.3 Å². The zero-order chi connectivity index (χ0) is 14.0. The minimum Gasteiger partial charge on any atom is -0.369 e. The van der Waals surface area contributed by atoms with Crippen LogP contribution < -0.4 is 10.6 Å². The summed E-state index contributed by atoms with van der Waals surface area (Å²) in [6, 6.07) is 9.18. The number of benzene rings is 1. The third-order valence-electron chi connectivity index (χ3n) is 3.90. The van der Waals surface area contributed by atoms with Gasteiger partial charge < -0.3 is 10.6 Å². The first-order valence-electron chi connectivity index (χ1n) is 6.83. The first-order valence-corrected chi connectivity index (χ1v) is 6.83. The summed E-state index contributed by atoms with van der Waals surface area (Å²) in [7, 11) is 0. The molecular weight excluding hydrogens is 238 g/mol. The summed E-state index contributed by atoms with van der Waals surface area (Å²) in [5, 5.41) is 0. The third-order valence-corrected chi connectivity index (χ3v) is 3.90. The molecule has 1 aliphatic heterocycles. The number of carbonyl (C=O) groups excluding carboxylic acids is 1. The zero-order valence-corrected chi connectivity index (χ0v) is 12.0. The first kappa shape index (κ1) is 13.9. The lowest BCUT2D eigenvalue weighted by Crippen LogP contribution is -2.58. The Kier molecular flexibility index (Phi) is 4.10. The van der Waals surface area contributed by atoms with Crippen LogP contribution in [-0.2, 0) is 4.79 Å². The molecule has 1 amide bonds. The van der Waals surface area contributed by atoms with E-state index < -0.39 is 0 Å². The van der Waals surface area contributed by atoms with Gasteiger partial charge in [-0.3, -0.25) is 9.69 Å². The topological polar surface area (TPSA) is 49.6 Å². The average molecular weight is 261 g/mol. The Bertz CT molecular complexity index is 460. The van der Waals surface area contributed by atoms with E-state index in [0.29, 0.717) is 18.6 Å². The molecule has 1 fully saturated rings. The monoisotopic (exact) mass is 261 g/mol. The molecule has 0 radical (unpaired) electrons. The third kappa shape index (κ3) is 3.07. The van der Waals surface area contributed by atoms with Gasteiger partial charge in [0.25, 0.3) is 0 Å². The van der Waals surface area contributed by atoms with Gasteiger partial charge in [0, 0.05) is 30.9 Å². The van der Waals surface area contributed by atoms with Gasteiger partial charge in [-0.1, -0.05) is 18.2 Å². The quantitative estimate of drug-likeness (QED) is 0.894. The maximum atomic E-state index is 11.1. The fourth-order valence-corrected chi connectivity index (χ4v) is 2.84. The van der Waals surface area contributed by atoms with Crippen LogP contribution in [-0.4, -0.2) is 42.5 Å². The molecule has 104 valence electrons. The molecule has 0 unspecified atom stereocenters. The Hall–Kier alpha value is -1.55. The van der Waals surface area contributed by atoms with E-state index >= 15 is 0 Å². The molecule has 1 aliphatic rings. The largest absolute Gasteiger partial charge is 0.369 e. The number of hydrogen-bond donors (Lipinski definition) is 1. The van der Waals surface area contributed by atoms with E-state index in [1.807, 2.05) is 0 Å². The summed E-state index contributed by atoms with van der Waals surface area (Å²) in [5.74, 6) is -0.247. The van der Waals surface area contributed by atoms with Crippen molar-refractivity contribution in [3.8, 4) is 0 Å². The van der Waals surface area contributed by atoms with Crippen LogP contribution in [0.5, 0.6) is 0 Å². The number of carbonyl (C=O) groups is 1. The van der Waals surface area contributed by atoms with Crippen molar-refractivity contribution in [3.63, 3.8) is 0 Å². The summed E-state index contributed by atoms with van der Waals surface area (Å²) in [5.41, 5.74) is 7.90. The standard InChI is InChI=1S/C15H23N3O/c1-11-6-4-5-7-14(11)18-9-12(2)17(8-13(18)3)10-15(16)19/h4-7,12-13H,8-10H2,1-3H3,(H2,16,19)/t12-,13+/m0/s1. The van der Waals surface area contributed by atoms with Crippen LogP contribution in [0.3, 0.4) is 0 Å². The van der Waals surface area contributed by atoms with E-state index in [4.69, 9.17) is 5.73 Å². The molecular formula is C15H23N3O. The highest BCUT2D eigenvalue weighted by Gasteiger charge is 2.30. The predicted octanol–water partition coefficient (Wildman–Crippen LogP) is 1.38. The number of aryl methyl sites for hydroxylation is 1. The van der Waals surface area contributed by atoms with Crippen LogP contribution in [0.25, 0.3) is 0 Å². The van der Waals surface area contributed by atoms with Gasteiger partial charge in [-0.05, 0) is 32.4 Å². The minimum atomic E-state index is -0.247. The molecule has 0 bridgehead atoms. The van der Waals surface area contributed by atoms with E-state index in [1.54, 1.807) is 0 Å². The van der Waals surface area contributed by atoms with Crippen molar-refractivity contribution in [2.45, 2.75) is 32.9 Å². The Balaban J connectivity index is 2.14. The number of nitrogens with zero attached hydrogens (tertiary/aromatic N) is 2. The number of nitrogens with two attached hydrogens (primary N) is 1. The van der Waals surface area contributed by atoms with Crippen LogP contribution >= 0.6 is 0 Å². The van der Waals surface area contributed by atoms with Gasteiger partial charge in [-0.15, -0.1) is 0 Å². The first-order chi connectivity index (χ1) is 8.99. The highest BCUT2D eigenvalue weighted by atomic mass is 16.1. The van der Waals surface area contributed by atoms with Gasteiger partial charge in [0.1, 0.15) is 0 Å². The second kappa shape index (κ2) is 5.61. The molecule has 0 aliphatic carbocycles. The maximum Gasteiger partial charge on any atom is 0.231 e. The van der Waals surface area contributed by atoms with Crippen molar-refractivity contribution >= 4 is 11.6 Å². The molecule has 1 aromatic carbocycles. The van der Waals surface area contributed by atoms with Crippen LogP contribution in [0.15, 0.2) is 24.3 Å². The molecule has 2 N–H and O–H groups in total. The Morgan fingerprint density at radius 1 is 1.26 bits per heavy atom. The lowest BCUT2D eigenvalue weighted by molar-refractivity contribution is -0.119. The fraction of sp³-hybridized carbons (Fsp3) is 0.533. The van der Waals surface area contributed by atoms with Crippen LogP contribution in [0.4, 0.5) is 5.69 Å². The second-order valence-electron chi connectivity index (χ2n) is 5.53. The lowest BCUT2D eigenvalue weighted by Gasteiger charge is -2.45. The molecule has 1 aromatic rings. The van der Waals surface area contributed by atoms with E-state index in [2.05, 4.69) is 54.8 Å². The maximum absolute atomic E-state index is 11.1. The SMILES string of the molecule is Cc1ccccc1N1C[C@H](C)N(CC(N)=O)C[C@H]1C. The Labute approximate surface area is 115 Å². The normalized spacial score (nSPS) is 24.5. The van der Waals surface area contributed by atoms with E-state index in [9.17, 15) is 4.79 Å². The smallest absolute Gasteiger partial charge is 0.231 e. The molecule has 4 nitrogen and oxygen atoms in total. The summed E-state index contributed by atoms with van der Waals surface area (Å²) in [4.78, 5) is 15.7. The van der Waals surface area contributed by atoms with Crippen molar-refractivity contribution in [2.75, 3.05) is 24.5 Å². The molecule has 19 heavy (non-hydrogen) atoms. The molecule has 1 saturated heterocycles. The average Bonchev–Trinajstić information content (AvgIpc) is 2.34. The van der Waals surface area contributed by atoms with Crippen molar-refractivity contribution in [1.29, 1.82) is 0 Å². The van der Waals surface area contributed by atoms with Crippen molar-refractivity contribution in [1.82, 2.24) is 4.90 Å². The summed E-state index contributed by atoms with van der Waals surface area (Å²) >= 11 is 0. The van der Waals surface area contributed by atoms with Crippen molar-refractivity contribution in [2.24, 2.45) is 5.73 Å². The van der Waals surface area contributed by atoms with Gasteiger partial charge >= 0.3 is 0 Å². The fourth-order valence-electron chi connectivity index (χ4n) is 2.84. The number of amides is 1. The molecule has 1 heterocycles. The van der Waals surface area contributed by atoms with Gasteiger partial charge in [0.15, 0.2) is 0 Å². The highest BCUT2D eigenvalue weighted by Crippen LogP contribution is 2.26. The minimum absolute atomic E-state index is 0.247. The van der Waals surface area contributed by atoms with E-state index in [0.717, 1.165) is 13.1 Å². The number of para-hydroxylation sites is 1. The predicted molar refractivity (Wildman–Crippen MR) is 78.2 cm³/mol. The number of anilines is 1. The second-order valence-corrected chi connectivity index (χ2v) is 5.53. The highest BCUT2D eigenvalue weighted by molar-refractivity contribution is 5.76. The number of piperazine rings is 1. The molecule has 0 spiro atoms. The van der Waals surface area contributed by atoms with Crippen LogP contribution in [0.1, 0.15) is 19.4 Å². The van der Waals surface area contributed by atoms with Gasteiger partial charge in [-0.25, -0.2) is 0 Å². The van der Waals surface area contributed by atoms with Crippen molar-refractivity contribution in [3.05, 3.63) is 29.8 Å². The van der Waals surface area contributed by atoms with Crippen LogP contribution in [0, 0.1) is 6.92 Å². The van der Waals surface area contributed by atoms with Gasteiger partial charge in [0.2, 0.25) is 5.91 Å². The molecule has 0 saturated carbocycles. The van der Waals surface area contributed by atoms with Gasteiger partial charge in [0.05, 0.1) is 6.54 Å². The Morgan fingerprint density at radius 3 is 2.58 bits per heavy atom. The van der Waals surface area contributed by atoms with Gasteiger partial charge in [-0.2, -0.15) is 0 Å². The number of hydrogen-bond acceptors (Lipinski definition) is 3. The van der Waals surface area contributed by atoms with Crippen LogP contribution in [0.2, 0.25) is 0 Å². The molecule has 2 rings (SSSR count).